The Morgan fingerprint density at radius 1 is 1.10 bits per heavy atom. The van der Waals surface area contributed by atoms with E-state index in [0.29, 0.717) is 18.4 Å². The Hall–Kier alpha value is -4.69. The second-order valence-electron chi connectivity index (χ2n) is 12.7. The number of phenolic OH excluding ortho intramolecular Hbond substituents is 3. The Morgan fingerprint density at radius 2 is 1.77 bits per heavy atom. The monoisotopic (exact) mass is 663 g/mol. The molecule has 1 unspecified atom stereocenters. The Kier molecular flexibility index (Phi) is 8.15. The largest absolute Gasteiger partial charge is 0.508 e. The molecule has 4 radical (unpaired) electrons. The van der Waals surface area contributed by atoms with Crippen molar-refractivity contribution in [1.29, 1.82) is 0 Å². The molecule has 2 aromatic carbocycles. The highest BCUT2D eigenvalue weighted by Gasteiger charge is 2.69. The van der Waals surface area contributed by atoms with Crippen LogP contribution in [0.2, 0.25) is 0 Å². The first-order valence-corrected chi connectivity index (χ1v) is 15.4. The normalized spacial score (nSPS) is 18.0. The molecule has 1 atom stereocenters. The van der Waals surface area contributed by atoms with Crippen molar-refractivity contribution in [2.24, 2.45) is 5.41 Å². The lowest BCUT2D eigenvalue weighted by Crippen LogP contribution is -2.47. The van der Waals surface area contributed by atoms with Gasteiger partial charge in [-0.25, -0.2) is 0 Å². The summed E-state index contributed by atoms with van der Waals surface area (Å²) in [6, 6.07) is -0.904. The van der Waals surface area contributed by atoms with Crippen molar-refractivity contribution in [3.8, 4) is 17.2 Å². The quantitative estimate of drug-likeness (QED) is 0.151. The van der Waals surface area contributed by atoms with Gasteiger partial charge in [-0.05, 0) is 55.5 Å². The number of likely N-dealkylation sites (tertiary alicyclic amines) is 1. The zero-order chi connectivity index (χ0) is 34.9. The molecule has 4 amide bonds. The molecule has 0 bridgehead atoms. The van der Waals surface area contributed by atoms with E-state index in [1.165, 1.54) is 16.0 Å². The summed E-state index contributed by atoms with van der Waals surface area (Å²) >= 11 is 0. The van der Waals surface area contributed by atoms with Crippen LogP contribution in [-0.2, 0) is 20.8 Å². The predicted molar refractivity (Wildman–Crippen MR) is 167 cm³/mol. The van der Waals surface area contributed by atoms with Crippen molar-refractivity contribution in [3.05, 3.63) is 29.1 Å². The molecule has 3 heterocycles. The molecule has 1 aromatic heterocycles. The molecule has 1 aliphatic carbocycles. The fourth-order valence-electron chi connectivity index (χ4n) is 6.95. The molecule has 2 aliphatic heterocycles. The third kappa shape index (κ3) is 5.14. The molecule has 3 aromatic rings. The lowest BCUT2D eigenvalue weighted by molar-refractivity contribution is -0.199. The van der Waals surface area contributed by atoms with E-state index < -0.39 is 58.1 Å². The molecule has 3 aliphatic rings. The van der Waals surface area contributed by atoms with Gasteiger partial charge in [-0.2, -0.15) is 18.3 Å². The van der Waals surface area contributed by atoms with E-state index in [0.717, 1.165) is 0 Å². The number of nitrogens with zero attached hydrogens (tertiary/aromatic N) is 4. The van der Waals surface area contributed by atoms with Gasteiger partial charge in [0.1, 0.15) is 26.9 Å². The number of hydrogen-bond donors (Lipinski definition) is 4. The van der Waals surface area contributed by atoms with E-state index in [2.05, 4.69) is 5.10 Å². The SMILES string of the molecule is [B]c1c(O)c(O)c2c(Cc3cnn(C4CCN(C(=O)C5(C(F)(F)F)CC5)CC4)c3)c(O)c([B])c3c2c1C(=O)N3C(C)CCC(=O)NC=O. The first-order valence-electron chi connectivity index (χ1n) is 15.4. The van der Waals surface area contributed by atoms with E-state index in [-0.39, 0.29) is 90.7 Å². The van der Waals surface area contributed by atoms with Crippen LogP contribution in [0.5, 0.6) is 17.2 Å². The second kappa shape index (κ2) is 11.8. The average Bonchev–Trinajstić information content (AvgIpc) is 3.66. The lowest BCUT2D eigenvalue weighted by Gasteiger charge is -2.35. The van der Waals surface area contributed by atoms with Crippen LogP contribution in [0.4, 0.5) is 18.9 Å². The Balaban J connectivity index is 1.28. The van der Waals surface area contributed by atoms with E-state index in [1.54, 1.807) is 17.8 Å². The highest BCUT2D eigenvalue weighted by Crippen LogP contribution is 2.59. The van der Waals surface area contributed by atoms with E-state index in [1.807, 2.05) is 5.32 Å². The fourth-order valence-corrected chi connectivity index (χ4v) is 6.95. The van der Waals surface area contributed by atoms with Crippen LogP contribution in [0, 0.1) is 5.41 Å². The number of carbonyl (C=O) groups excluding carboxylic acids is 4. The molecule has 1 saturated carbocycles. The van der Waals surface area contributed by atoms with E-state index in [9.17, 15) is 47.7 Å². The predicted octanol–water partition coefficient (Wildman–Crippen LogP) is 1.24. The summed E-state index contributed by atoms with van der Waals surface area (Å²) in [5, 5.41) is 39.7. The van der Waals surface area contributed by atoms with Crippen LogP contribution in [0.1, 0.15) is 73.0 Å². The Bertz CT molecular complexity index is 1870. The molecule has 2 fully saturated rings. The van der Waals surface area contributed by atoms with Gasteiger partial charge in [0.15, 0.2) is 11.5 Å². The van der Waals surface area contributed by atoms with E-state index in [4.69, 9.17) is 15.7 Å². The van der Waals surface area contributed by atoms with Crippen molar-refractivity contribution >= 4 is 67.2 Å². The van der Waals surface area contributed by atoms with Gasteiger partial charge in [0.2, 0.25) is 18.2 Å². The van der Waals surface area contributed by atoms with Crippen LogP contribution >= 0.6 is 0 Å². The van der Waals surface area contributed by atoms with Crippen molar-refractivity contribution in [1.82, 2.24) is 20.0 Å². The first kappa shape index (κ1) is 33.2. The number of anilines is 1. The van der Waals surface area contributed by atoms with Gasteiger partial charge < -0.3 is 25.1 Å². The maximum Gasteiger partial charge on any atom is 0.403 e. The number of rotatable bonds is 9. The third-order valence-electron chi connectivity index (χ3n) is 9.81. The van der Waals surface area contributed by atoms with Crippen molar-refractivity contribution < 1.29 is 47.7 Å². The highest BCUT2D eigenvalue weighted by atomic mass is 19.4. The molecule has 1 saturated heterocycles. The minimum absolute atomic E-state index is 0.0482. The molecule has 48 heavy (non-hydrogen) atoms. The molecule has 4 N–H and O–H groups in total. The standard InChI is InChI=1S/C31H30B2F3N5O7/c1-14(2-3-18(43)37-13-42)41-24-20-19(26(45)27(46)22(32)21(20)28(41)47)17(25(44)23(24)33)10-15-11-38-40(12-15)16-4-8-39(9-5-16)29(48)30(6-7-30)31(34,35)36/h11-14,16,44-46H,2-10H2,1H3,(H,37,42,43). The summed E-state index contributed by atoms with van der Waals surface area (Å²) in [6.07, 6.45) is -0.880. The number of alkyl halides is 3. The molecule has 6 rings (SSSR count). The van der Waals surface area contributed by atoms with Crippen molar-refractivity contribution in [2.45, 2.75) is 70.1 Å². The van der Waals surface area contributed by atoms with Gasteiger partial charge in [-0.3, -0.25) is 29.2 Å². The molecular formula is C31H30B2F3N5O7. The van der Waals surface area contributed by atoms with Crippen molar-refractivity contribution in [2.75, 3.05) is 18.0 Å². The fraction of sp³-hybridized carbons (Fsp3) is 0.452. The van der Waals surface area contributed by atoms with Crippen LogP contribution < -0.4 is 21.1 Å². The maximum atomic E-state index is 13.7. The van der Waals surface area contributed by atoms with E-state index >= 15 is 0 Å². The number of aromatic hydroxyl groups is 3. The van der Waals surface area contributed by atoms with Gasteiger partial charge >= 0.3 is 6.18 Å². The first-order chi connectivity index (χ1) is 22.6. The minimum atomic E-state index is -4.58. The average molecular weight is 663 g/mol. The van der Waals surface area contributed by atoms with Crippen LogP contribution in [0.3, 0.4) is 0 Å². The topological polar surface area (TPSA) is 165 Å². The number of nitrogens with one attached hydrogen (secondary N) is 1. The smallest absolute Gasteiger partial charge is 0.403 e. The summed E-state index contributed by atoms with van der Waals surface area (Å²) in [7, 11) is 12.5. The number of hydrogen-bond acceptors (Lipinski definition) is 8. The molecule has 12 nitrogen and oxygen atoms in total. The van der Waals surface area contributed by atoms with Crippen LogP contribution in [-0.4, -0.2) is 95.1 Å². The summed E-state index contributed by atoms with van der Waals surface area (Å²) in [4.78, 5) is 51.4. The van der Waals surface area contributed by atoms with Gasteiger partial charge in [0, 0.05) is 65.8 Å². The number of halogens is 3. The summed E-state index contributed by atoms with van der Waals surface area (Å²) in [5.41, 5.74) is -2.32. The summed E-state index contributed by atoms with van der Waals surface area (Å²) in [5.74, 6) is -4.03. The summed E-state index contributed by atoms with van der Waals surface area (Å²) in [6.45, 7) is 1.91. The number of benzene rings is 2. The lowest BCUT2D eigenvalue weighted by atomic mass is 9.80. The highest BCUT2D eigenvalue weighted by molar-refractivity contribution is 6.49. The van der Waals surface area contributed by atoms with Gasteiger partial charge in [0.05, 0.1) is 12.2 Å². The van der Waals surface area contributed by atoms with Gasteiger partial charge in [0.25, 0.3) is 5.91 Å². The second-order valence-corrected chi connectivity index (χ2v) is 12.7. The Labute approximate surface area is 274 Å². The number of piperidine rings is 1. The van der Waals surface area contributed by atoms with Crippen molar-refractivity contribution in [3.63, 3.8) is 0 Å². The zero-order valence-corrected chi connectivity index (χ0v) is 25.8. The van der Waals surface area contributed by atoms with Gasteiger partial charge in [-0.15, -0.1) is 0 Å². The number of aromatic nitrogens is 2. The minimum Gasteiger partial charge on any atom is -0.508 e. The number of carbonyl (C=O) groups is 4. The third-order valence-corrected chi connectivity index (χ3v) is 9.81. The molecule has 248 valence electrons. The summed E-state index contributed by atoms with van der Waals surface area (Å²) < 4.78 is 42.1. The van der Waals surface area contributed by atoms with Gasteiger partial charge in [-0.1, -0.05) is 0 Å². The molecule has 17 heteroatoms. The molecule has 0 spiro atoms. The zero-order valence-electron chi connectivity index (χ0n) is 25.8. The maximum absolute atomic E-state index is 13.7. The molecular weight excluding hydrogens is 633 g/mol. The van der Waals surface area contributed by atoms with Crippen LogP contribution in [0.15, 0.2) is 12.4 Å². The Morgan fingerprint density at radius 3 is 2.38 bits per heavy atom. The number of phenols is 3. The number of imide groups is 1. The van der Waals surface area contributed by atoms with Crippen LogP contribution in [0.25, 0.3) is 10.8 Å². The number of amides is 4.